The normalized spacial score (nSPS) is 11.2. The van der Waals surface area contributed by atoms with E-state index in [-0.39, 0.29) is 24.7 Å². The first kappa shape index (κ1) is 17.5. The summed E-state index contributed by atoms with van der Waals surface area (Å²) < 4.78 is 5.19. The summed E-state index contributed by atoms with van der Waals surface area (Å²) in [7, 11) is 0. The molecule has 0 spiro atoms. The van der Waals surface area contributed by atoms with Crippen molar-refractivity contribution >= 4 is 11.5 Å². The minimum Gasteiger partial charge on any atom is -0.461 e. The maximum absolute atomic E-state index is 12.4. The predicted octanol–water partition coefficient (Wildman–Crippen LogP) is 3.18. The van der Waals surface area contributed by atoms with Crippen molar-refractivity contribution in [3.63, 3.8) is 0 Å². The second kappa shape index (κ2) is 8.66. The quantitative estimate of drug-likeness (QED) is 0.504. The van der Waals surface area contributed by atoms with Crippen LogP contribution >= 0.6 is 0 Å². The van der Waals surface area contributed by atoms with Gasteiger partial charge < -0.3 is 9.84 Å². The molecule has 0 fully saturated rings. The number of aliphatic hydroxyl groups excluding tert-OH is 1. The Bertz CT molecular complexity index is 704. The Hall–Kier alpha value is -2.90. The van der Waals surface area contributed by atoms with Gasteiger partial charge in [-0.3, -0.25) is 0 Å². The summed E-state index contributed by atoms with van der Waals surface area (Å²) in [6, 6.07) is 20.5. The Balaban J connectivity index is 2.48. The molecular weight excluding hydrogens is 302 g/mol. The van der Waals surface area contributed by atoms with Crippen molar-refractivity contribution in [3.05, 3.63) is 77.4 Å². The first-order chi connectivity index (χ1) is 11.7. The monoisotopic (exact) mass is 321 g/mol. The molecule has 1 atom stereocenters. The van der Waals surface area contributed by atoms with Gasteiger partial charge in [0.15, 0.2) is 0 Å². The van der Waals surface area contributed by atoms with E-state index in [1.54, 1.807) is 6.92 Å². The fraction of sp³-hybridized carbons (Fsp3) is 0.200. The van der Waals surface area contributed by atoms with Crippen LogP contribution in [0.3, 0.4) is 0 Å². The summed E-state index contributed by atoms with van der Waals surface area (Å²) in [6.07, 6.45) is 0. The lowest BCUT2D eigenvalue weighted by atomic mass is 9.93. The van der Waals surface area contributed by atoms with Crippen LogP contribution in [-0.2, 0) is 9.53 Å². The topological polar surface area (TPSA) is 70.3 Å². The van der Waals surface area contributed by atoms with Crippen molar-refractivity contribution in [1.29, 1.82) is 5.26 Å². The van der Waals surface area contributed by atoms with E-state index in [4.69, 9.17) is 9.84 Å². The van der Waals surface area contributed by atoms with Gasteiger partial charge in [-0.2, -0.15) is 5.26 Å². The Labute approximate surface area is 141 Å². The van der Waals surface area contributed by atoms with Gasteiger partial charge in [-0.25, -0.2) is 4.79 Å². The molecular formula is C20H19NO3. The van der Waals surface area contributed by atoms with E-state index in [1.807, 2.05) is 66.7 Å². The van der Waals surface area contributed by atoms with Crippen LogP contribution in [0.1, 0.15) is 18.1 Å². The van der Waals surface area contributed by atoms with Gasteiger partial charge in [0.1, 0.15) is 11.6 Å². The largest absolute Gasteiger partial charge is 0.461 e. The van der Waals surface area contributed by atoms with Gasteiger partial charge in [-0.15, -0.1) is 0 Å². The Morgan fingerprint density at radius 1 is 1.08 bits per heavy atom. The van der Waals surface area contributed by atoms with Crippen LogP contribution in [0.25, 0.3) is 5.57 Å². The fourth-order valence-electron chi connectivity index (χ4n) is 2.21. The molecule has 1 unspecified atom stereocenters. The second-order valence-corrected chi connectivity index (χ2v) is 5.48. The number of carbonyl (C=O) groups is 1. The van der Waals surface area contributed by atoms with Crippen LogP contribution in [0.4, 0.5) is 0 Å². The number of nitrogens with zero attached hydrogens (tertiary/aromatic N) is 1. The van der Waals surface area contributed by atoms with E-state index < -0.39 is 5.97 Å². The number of nitriles is 1. The lowest BCUT2D eigenvalue weighted by Crippen LogP contribution is -2.16. The smallest absolute Gasteiger partial charge is 0.349 e. The molecule has 2 aromatic carbocycles. The van der Waals surface area contributed by atoms with Crippen LogP contribution in [0.2, 0.25) is 0 Å². The molecule has 0 saturated carbocycles. The summed E-state index contributed by atoms with van der Waals surface area (Å²) >= 11 is 0. The summed E-state index contributed by atoms with van der Waals surface area (Å²) in [5.41, 5.74) is 2.04. The third kappa shape index (κ3) is 4.31. The second-order valence-electron chi connectivity index (χ2n) is 5.48. The van der Waals surface area contributed by atoms with E-state index in [0.29, 0.717) is 5.57 Å². The Morgan fingerprint density at radius 2 is 1.58 bits per heavy atom. The Kier molecular flexibility index (Phi) is 6.30. The number of carbonyl (C=O) groups excluding carboxylic acids is 1. The third-order valence-corrected chi connectivity index (χ3v) is 3.50. The molecule has 122 valence electrons. The lowest BCUT2D eigenvalue weighted by molar-refractivity contribution is -0.140. The molecule has 0 aliphatic heterocycles. The van der Waals surface area contributed by atoms with Crippen LogP contribution in [-0.4, -0.2) is 24.3 Å². The molecule has 2 rings (SSSR count). The SMILES string of the molecule is CC(CO)COC(=O)C(C#N)=C(c1ccccc1)c1ccccc1. The molecule has 2 aromatic rings. The molecule has 0 amide bonds. The van der Waals surface area contributed by atoms with Gasteiger partial charge in [0.2, 0.25) is 0 Å². The Morgan fingerprint density at radius 3 is 2.00 bits per heavy atom. The molecule has 0 heterocycles. The number of aliphatic hydroxyl groups is 1. The number of hydrogen-bond donors (Lipinski definition) is 1. The van der Waals surface area contributed by atoms with Crippen molar-refractivity contribution < 1.29 is 14.6 Å². The zero-order valence-electron chi connectivity index (χ0n) is 13.5. The van der Waals surface area contributed by atoms with Crippen molar-refractivity contribution in [2.75, 3.05) is 13.2 Å². The summed E-state index contributed by atoms with van der Waals surface area (Å²) in [4.78, 5) is 12.4. The van der Waals surface area contributed by atoms with Gasteiger partial charge in [-0.1, -0.05) is 67.6 Å². The molecule has 0 bridgehead atoms. The average Bonchev–Trinajstić information content (AvgIpc) is 2.65. The first-order valence-corrected chi connectivity index (χ1v) is 7.70. The highest BCUT2D eigenvalue weighted by Crippen LogP contribution is 2.27. The molecule has 4 nitrogen and oxygen atoms in total. The van der Waals surface area contributed by atoms with Crippen LogP contribution in [0.5, 0.6) is 0 Å². The fourth-order valence-corrected chi connectivity index (χ4v) is 2.21. The maximum atomic E-state index is 12.4. The molecule has 24 heavy (non-hydrogen) atoms. The summed E-state index contributed by atoms with van der Waals surface area (Å²) in [5, 5.41) is 18.6. The maximum Gasteiger partial charge on any atom is 0.349 e. The molecule has 0 aliphatic carbocycles. The minimum absolute atomic E-state index is 0.0439. The number of ether oxygens (including phenoxy) is 1. The van der Waals surface area contributed by atoms with Gasteiger partial charge in [-0.05, 0) is 11.1 Å². The van der Waals surface area contributed by atoms with Crippen molar-refractivity contribution in [3.8, 4) is 6.07 Å². The van der Waals surface area contributed by atoms with Gasteiger partial charge in [0, 0.05) is 18.1 Å². The van der Waals surface area contributed by atoms with E-state index in [2.05, 4.69) is 0 Å². The van der Waals surface area contributed by atoms with E-state index in [9.17, 15) is 10.1 Å². The zero-order chi connectivity index (χ0) is 17.4. The highest BCUT2D eigenvalue weighted by atomic mass is 16.5. The lowest BCUT2D eigenvalue weighted by Gasteiger charge is -2.13. The van der Waals surface area contributed by atoms with E-state index in [0.717, 1.165) is 11.1 Å². The van der Waals surface area contributed by atoms with E-state index in [1.165, 1.54) is 0 Å². The van der Waals surface area contributed by atoms with Crippen molar-refractivity contribution in [1.82, 2.24) is 0 Å². The highest BCUT2D eigenvalue weighted by Gasteiger charge is 2.20. The van der Waals surface area contributed by atoms with Crippen LogP contribution in [0, 0.1) is 17.2 Å². The first-order valence-electron chi connectivity index (χ1n) is 7.70. The third-order valence-electron chi connectivity index (χ3n) is 3.50. The van der Waals surface area contributed by atoms with Crippen LogP contribution < -0.4 is 0 Å². The molecule has 0 saturated heterocycles. The highest BCUT2D eigenvalue weighted by molar-refractivity contribution is 6.05. The molecule has 0 aromatic heterocycles. The van der Waals surface area contributed by atoms with Crippen molar-refractivity contribution in [2.24, 2.45) is 5.92 Å². The summed E-state index contributed by atoms with van der Waals surface area (Å²) in [5.74, 6) is -0.855. The number of benzene rings is 2. The molecule has 0 aliphatic rings. The minimum atomic E-state index is -0.680. The van der Waals surface area contributed by atoms with E-state index >= 15 is 0 Å². The zero-order valence-corrected chi connectivity index (χ0v) is 13.5. The number of esters is 1. The number of rotatable bonds is 6. The summed E-state index contributed by atoms with van der Waals surface area (Å²) in [6.45, 7) is 1.75. The van der Waals surface area contributed by atoms with Gasteiger partial charge >= 0.3 is 5.97 Å². The molecule has 0 radical (unpaired) electrons. The van der Waals surface area contributed by atoms with Crippen LogP contribution in [0.15, 0.2) is 66.2 Å². The number of hydrogen-bond acceptors (Lipinski definition) is 4. The standard InChI is InChI=1S/C20H19NO3/c1-15(13-22)14-24-20(23)18(12-21)19(16-8-4-2-5-9-16)17-10-6-3-7-11-17/h2-11,15,22H,13-14H2,1H3. The van der Waals surface area contributed by atoms with Crippen molar-refractivity contribution in [2.45, 2.75) is 6.92 Å². The van der Waals surface area contributed by atoms with Gasteiger partial charge in [0.25, 0.3) is 0 Å². The molecule has 1 N–H and O–H groups in total. The molecule has 4 heteroatoms. The van der Waals surface area contributed by atoms with Gasteiger partial charge in [0.05, 0.1) is 6.61 Å². The average molecular weight is 321 g/mol. The predicted molar refractivity (Wildman–Crippen MR) is 91.7 cm³/mol.